The monoisotopic (exact) mass is 509 g/mol. The molecule has 2 aliphatic rings. The second-order valence-corrected chi connectivity index (χ2v) is 9.79. The molecule has 11 nitrogen and oxygen atoms in total. The fraction of sp³-hybridized carbons (Fsp3) is 0.375. The normalized spacial score (nSPS) is 21.5. The number of carbonyl (C=O) groups excluding carboxylic acids is 3. The van der Waals surface area contributed by atoms with Crippen LogP contribution in [0.4, 0.5) is 10.7 Å². The summed E-state index contributed by atoms with van der Waals surface area (Å²) < 4.78 is 1.18. The minimum absolute atomic E-state index is 0.179. The van der Waals surface area contributed by atoms with Crippen LogP contribution in [0.15, 0.2) is 41.1 Å². The molecule has 0 radical (unpaired) electrons. The third-order valence-electron chi connectivity index (χ3n) is 6.58. The Morgan fingerprint density at radius 3 is 2.61 bits per heavy atom. The molecule has 4 heterocycles. The number of β-lactam (4-membered cyclic amide) rings is 1. The summed E-state index contributed by atoms with van der Waals surface area (Å²) in [6, 6.07) is 8.27. The van der Waals surface area contributed by atoms with Crippen molar-refractivity contribution in [1.29, 1.82) is 0 Å². The van der Waals surface area contributed by atoms with Gasteiger partial charge in [-0.05, 0) is 29.0 Å². The maximum Gasteiger partial charge on any atom is 0.327 e. The second kappa shape index (κ2) is 9.80. The summed E-state index contributed by atoms with van der Waals surface area (Å²) in [7, 11) is 0. The first kappa shape index (κ1) is 24.1. The zero-order chi connectivity index (χ0) is 25.4. The van der Waals surface area contributed by atoms with E-state index < -0.39 is 24.1 Å². The second-order valence-electron chi connectivity index (χ2n) is 9.01. The van der Waals surface area contributed by atoms with Crippen LogP contribution in [0.5, 0.6) is 0 Å². The summed E-state index contributed by atoms with van der Waals surface area (Å²) in [5.74, 6) is -0.791. The Balaban J connectivity index is 1.43. The van der Waals surface area contributed by atoms with Gasteiger partial charge in [-0.25, -0.2) is 4.79 Å². The summed E-state index contributed by atoms with van der Waals surface area (Å²) >= 11 is 1.39. The zero-order valence-corrected chi connectivity index (χ0v) is 20.5. The number of carbonyl (C=O) groups is 3. The van der Waals surface area contributed by atoms with Gasteiger partial charge in [0.05, 0.1) is 17.6 Å². The third kappa shape index (κ3) is 4.38. The highest BCUT2D eigenvalue weighted by Gasteiger charge is 2.52. The summed E-state index contributed by atoms with van der Waals surface area (Å²) in [5, 5.41) is 21.0. The van der Waals surface area contributed by atoms with Crippen molar-refractivity contribution >= 4 is 35.1 Å². The van der Waals surface area contributed by atoms with Crippen LogP contribution in [0.25, 0.3) is 0 Å². The van der Waals surface area contributed by atoms with Crippen molar-refractivity contribution < 1.29 is 19.5 Å². The van der Waals surface area contributed by atoms with Gasteiger partial charge in [0.15, 0.2) is 5.82 Å². The molecule has 3 atom stereocenters. The molecule has 2 fully saturated rings. The minimum Gasteiger partial charge on any atom is -0.391 e. The van der Waals surface area contributed by atoms with Crippen molar-refractivity contribution in [3.63, 3.8) is 0 Å². The van der Waals surface area contributed by atoms with Crippen molar-refractivity contribution in [3.05, 3.63) is 63.6 Å². The van der Waals surface area contributed by atoms with E-state index in [0.29, 0.717) is 31.6 Å². The Hall–Kier alpha value is -3.61. The van der Waals surface area contributed by atoms with Gasteiger partial charge < -0.3 is 21.1 Å². The fourth-order valence-corrected chi connectivity index (χ4v) is 5.08. The smallest absolute Gasteiger partial charge is 0.327 e. The van der Waals surface area contributed by atoms with E-state index in [2.05, 4.69) is 15.4 Å². The van der Waals surface area contributed by atoms with Gasteiger partial charge in [0, 0.05) is 31.6 Å². The van der Waals surface area contributed by atoms with Gasteiger partial charge in [0.1, 0.15) is 6.04 Å². The van der Waals surface area contributed by atoms with Gasteiger partial charge in [-0.2, -0.15) is 21.0 Å². The number of thiophene rings is 1. The average molecular weight is 510 g/mol. The first-order valence-corrected chi connectivity index (χ1v) is 12.7. The number of hydrogen-bond acceptors (Lipinski definition) is 9. The van der Waals surface area contributed by atoms with Crippen molar-refractivity contribution in [2.45, 2.75) is 38.6 Å². The van der Waals surface area contributed by atoms with Crippen molar-refractivity contribution in [1.82, 2.24) is 24.6 Å². The number of rotatable bonds is 6. The van der Waals surface area contributed by atoms with E-state index in [0.717, 1.165) is 16.0 Å². The lowest BCUT2D eigenvalue weighted by Crippen LogP contribution is -2.60. The Bertz CT molecular complexity index is 1270. The van der Waals surface area contributed by atoms with E-state index in [1.54, 1.807) is 23.8 Å². The number of hydrogen-bond donors (Lipinski definition) is 3. The molecular formula is C24H27N7O4S. The molecule has 4 N–H and O–H groups in total. The molecule has 0 saturated carbocycles. The van der Waals surface area contributed by atoms with E-state index in [9.17, 15) is 19.5 Å². The molecule has 3 amide bonds. The molecule has 2 aliphatic heterocycles. The number of urea groups is 1. The first-order valence-electron chi connectivity index (χ1n) is 11.7. The molecule has 0 spiro atoms. The van der Waals surface area contributed by atoms with Crippen LogP contribution in [-0.4, -0.2) is 66.7 Å². The summed E-state index contributed by atoms with van der Waals surface area (Å²) in [6.07, 6.45) is -0.132. The van der Waals surface area contributed by atoms with Crippen molar-refractivity contribution in [2.24, 2.45) is 11.7 Å². The predicted octanol–water partition coefficient (Wildman–Crippen LogP) is 1.80. The number of imide groups is 1. The van der Waals surface area contributed by atoms with E-state index in [4.69, 9.17) is 5.73 Å². The number of nitrogens with zero attached hydrogens (tertiary/aromatic N) is 5. The first-order chi connectivity index (χ1) is 17.4. The number of nitrogens with one attached hydrogen (secondary N) is 1. The Labute approximate surface area is 211 Å². The topological polar surface area (TPSA) is 147 Å². The number of nitrogens with two attached hydrogens (primary N) is 1. The molecule has 188 valence electrons. The van der Waals surface area contributed by atoms with E-state index in [1.807, 2.05) is 24.3 Å². The van der Waals surface area contributed by atoms with Crippen LogP contribution >= 0.6 is 11.3 Å². The number of likely N-dealkylation sites (tertiary alicyclic amines) is 2. The molecule has 12 heteroatoms. The lowest BCUT2D eigenvalue weighted by atomic mass is 9.89. The van der Waals surface area contributed by atoms with Crippen LogP contribution < -0.4 is 11.1 Å². The molecule has 2 saturated heterocycles. The van der Waals surface area contributed by atoms with Crippen LogP contribution in [0.1, 0.15) is 46.7 Å². The number of amides is 3. The van der Waals surface area contributed by atoms with Crippen molar-refractivity contribution in [2.75, 3.05) is 18.4 Å². The molecule has 0 aliphatic carbocycles. The quantitative estimate of drug-likeness (QED) is 0.426. The Kier molecular flexibility index (Phi) is 6.56. The van der Waals surface area contributed by atoms with Gasteiger partial charge in [-0.15, -0.1) is 5.10 Å². The molecule has 2 aromatic heterocycles. The van der Waals surface area contributed by atoms with E-state index >= 15 is 0 Å². The van der Waals surface area contributed by atoms with Crippen LogP contribution in [0.3, 0.4) is 0 Å². The fourth-order valence-electron chi connectivity index (χ4n) is 4.45. The largest absolute Gasteiger partial charge is 0.391 e. The molecule has 5 rings (SSSR count). The van der Waals surface area contributed by atoms with Gasteiger partial charge >= 0.3 is 6.03 Å². The van der Waals surface area contributed by atoms with Crippen LogP contribution in [0.2, 0.25) is 0 Å². The predicted molar refractivity (Wildman–Crippen MR) is 132 cm³/mol. The van der Waals surface area contributed by atoms with Crippen molar-refractivity contribution in [3.8, 4) is 0 Å². The van der Waals surface area contributed by atoms with Crippen LogP contribution in [-0.2, 0) is 17.9 Å². The average Bonchev–Trinajstić information content (AvgIpc) is 3.66. The highest BCUT2D eigenvalue weighted by atomic mass is 32.1. The van der Waals surface area contributed by atoms with Gasteiger partial charge in [0.2, 0.25) is 11.9 Å². The Morgan fingerprint density at radius 1 is 1.22 bits per heavy atom. The number of benzene rings is 1. The summed E-state index contributed by atoms with van der Waals surface area (Å²) in [5.41, 5.74) is 8.11. The SMILES string of the molecule is CC1C(=O)N(C(=O)N2CCC(O)C2)C1c1nc(NCc2ccc(CN)cc2)n(C(=O)c2ccsc2)n1. The highest BCUT2D eigenvalue weighted by Crippen LogP contribution is 2.40. The summed E-state index contributed by atoms with van der Waals surface area (Å²) in [6.45, 7) is 3.10. The number of aromatic nitrogens is 3. The van der Waals surface area contributed by atoms with Gasteiger partial charge in [-0.1, -0.05) is 31.2 Å². The highest BCUT2D eigenvalue weighted by molar-refractivity contribution is 7.08. The molecule has 36 heavy (non-hydrogen) atoms. The number of anilines is 1. The molecular weight excluding hydrogens is 482 g/mol. The van der Waals surface area contributed by atoms with Gasteiger partial charge in [-0.3, -0.25) is 14.5 Å². The van der Waals surface area contributed by atoms with E-state index in [-0.39, 0.29) is 30.1 Å². The molecule has 3 unspecified atom stereocenters. The number of aliphatic hydroxyl groups is 1. The number of aliphatic hydroxyl groups excluding tert-OH is 1. The van der Waals surface area contributed by atoms with E-state index in [1.165, 1.54) is 20.9 Å². The Morgan fingerprint density at radius 2 is 1.97 bits per heavy atom. The minimum atomic E-state index is -0.705. The number of β-amino-alcohol motifs (C(OH)–C–C–N with tert-alkyl or cyclic N) is 1. The standard InChI is InChI=1S/C24H27N7O4S/c1-14-19(30(21(14)33)24(35)29-8-6-18(32)12-29)20-27-23(26-11-16-4-2-15(10-25)3-5-16)31(28-20)22(34)17-7-9-36-13-17/h2-5,7,9,13-14,18-19,32H,6,8,10-12,25H2,1H3,(H,26,27,28). The third-order valence-corrected chi connectivity index (χ3v) is 7.26. The summed E-state index contributed by atoms with van der Waals surface area (Å²) in [4.78, 5) is 46.1. The molecule has 3 aromatic rings. The van der Waals surface area contributed by atoms with Gasteiger partial charge in [0.25, 0.3) is 5.91 Å². The maximum atomic E-state index is 13.2. The zero-order valence-electron chi connectivity index (χ0n) is 19.7. The maximum absolute atomic E-state index is 13.2. The molecule has 1 aromatic carbocycles. The van der Waals surface area contributed by atoms with Crippen LogP contribution in [0, 0.1) is 5.92 Å². The lowest BCUT2D eigenvalue weighted by molar-refractivity contribution is -0.150. The lowest BCUT2D eigenvalue weighted by Gasteiger charge is -2.43. The molecule has 0 bridgehead atoms.